The van der Waals surface area contributed by atoms with Gasteiger partial charge in [0, 0.05) is 31.6 Å². The number of piperazine rings is 1. The molecule has 2 heterocycles. The quantitative estimate of drug-likeness (QED) is 0.525. The van der Waals surface area contributed by atoms with Crippen molar-refractivity contribution in [3.8, 4) is 0 Å². The second-order valence-corrected chi connectivity index (χ2v) is 3.53. The number of carbonyl (C=O) groups excluding carboxylic acids is 1. The Balaban J connectivity index is 2.11. The zero-order valence-corrected chi connectivity index (χ0v) is 6.84. The van der Waals surface area contributed by atoms with Gasteiger partial charge in [0.15, 0.2) is 0 Å². The van der Waals surface area contributed by atoms with Crippen LogP contribution < -0.4 is 5.32 Å². The molecule has 2 unspecified atom stereocenters. The van der Waals surface area contributed by atoms with Crippen molar-refractivity contribution in [3.05, 3.63) is 0 Å². The molecule has 2 aliphatic heterocycles. The maximum atomic E-state index is 11.4. The van der Waals surface area contributed by atoms with Crippen LogP contribution in [-0.2, 0) is 4.79 Å². The lowest BCUT2D eigenvalue weighted by Crippen LogP contribution is -2.49. The van der Waals surface area contributed by atoms with E-state index in [1.54, 1.807) is 0 Å². The summed E-state index contributed by atoms with van der Waals surface area (Å²) in [7, 11) is 0. The number of rotatable bonds is 0. The molecule has 62 valence electrons. The summed E-state index contributed by atoms with van der Waals surface area (Å²) < 4.78 is 0. The molecule has 0 radical (unpaired) electrons. The van der Waals surface area contributed by atoms with Crippen LogP contribution in [0.15, 0.2) is 0 Å². The summed E-state index contributed by atoms with van der Waals surface area (Å²) in [5.74, 6) is 0.622. The molecule has 3 nitrogen and oxygen atoms in total. The van der Waals surface area contributed by atoms with Gasteiger partial charge in [-0.15, -0.1) is 0 Å². The Morgan fingerprint density at radius 3 is 3.18 bits per heavy atom. The average Bonchev–Trinajstić information content (AvgIpc) is 2.30. The van der Waals surface area contributed by atoms with Crippen molar-refractivity contribution in [2.45, 2.75) is 19.4 Å². The molecule has 0 aromatic carbocycles. The number of hydrogen-bond donors (Lipinski definition) is 1. The summed E-state index contributed by atoms with van der Waals surface area (Å²) in [6, 6.07) is 0.492. The minimum Gasteiger partial charge on any atom is -0.337 e. The van der Waals surface area contributed by atoms with E-state index >= 15 is 0 Å². The molecule has 0 spiro atoms. The van der Waals surface area contributed by atoms with Crippen LogP contribution in [0.4, 0.5) is 0 Å². The second-order valence-electron chi connectivity index (χ2n) is 3.53. The lowest BCUT2D eigenvalue weighted by molar-refractivity contribution is -0.132. The molecule has 2 saturated heterocycles. The van der Waals surface area contributed by atoms with Gasteiger partial charge in [-0.25, -0.2) is 0 Å². The fourth-order valence-corrected chi connectivity index (χ4v) is 2.05. The van der Waals surface area contributed by atoms with E-state index < -0.39 is 0 Å². The van der Waals surface area contributed by atoms with Crippen LogP contribution in [0.1, 0.15) is 13.3 Å². The van der Waals surface area contributed by atoms with Gasteiger partial charge in [-0.1, -0.05) is 6.92 Å². The van der Waals surface area contributed by atoms with Gasteiger partial charge < -0.3 is 10.2 Å². The summed E-state index contributed by atoms with van der Waals surface area (Å²) in [6.45, 7) is 4.90. The zero-order valence-electron chi connectivity index (χ0n) is 6.84. The van der Waals surface area contributed by atoms with Gasteiger partial charge in [-0.3, -0.25) is 4.79 Å². The Morgan fingerprint density at radius 1 is 1.64 bits per heavy atom. The van der Waals surface area contributed by atoms with E-state index in [0.29, 0.717) is 11.9 Å². The van der Waals surface area contributed by atoms with E-state index in [1.807, 2.05) is 11.8 Å². The van der Waals surface area contributed by atoms with Crippen molar-refractivity contribution >= 4 is 5.91 Å². The van der Waals surface area contributed by atoms with Crippen LogP contribution in [-0.4, -0.2) is 36.5 Å². The normalized spacial score (nSPS) is 37.5. The van der Waals surface area contributed by atoms with E-state index in [9.17, 15) is 4.79 Å². The predicted molar refractivity (Wildman–Crippen MR) is 42.2 cm³/mol. The van der Waals surface area contributed by atoms with Crippen LogP contribution in [0.5, 0.6) is 0 Å². The van der Waals surface area contributed by atoms with Gasteiger partial charge in [0.1, 0.15) is 0 Å². The van der Waals surface area contributed by atoms with Crippen molar-refractivity contribution in [1.82, 2.24) is 10.2 Å². The van der Waals surface area contributed by atoms with Crippen LogP contribution in [0, 0.1) is 5.92 Å². The highest BCUT2D eigenvalue weighted by Crippen LogP contribution is 2.24. The summed E-state index contributed by atoms with van der Waals surface area (Å²) >= 11 is 0. The first kappa shape index (κ1) is 7.10. The zero-order chi connectivity index (χ0) is 7.84. The largest absolute Gasteiger partial charge is 0.337 e. The molecule has 3 heteroatoms. The van der Waals surface area contributed by atoms with Gasteiger partial charge >= 0.3 is 0 Å². The summed E-state index contributed by atoms with van der Waals surface area (Å²) in [5, 5.41) is 3.30. The predicted octanol–water partition coefficient (Wildman–Crippen LogP) is -0.173. The number of carbonyl (C=O) groups is 1. The fraction of sp³-hybridized carbons (Fsp3) is 0.875. The van der Waals surface area contributed by atoms with Gasteiger partial charge in [-0.05, 0) is 6.42 Å². The SMILES string of the molecule is CC1CC2CNCCN2C1=O. The lowest BCUT2D eigenvalue weighted by atomic mass is 10.1. The Morgan fingerprint density at radius 2 is 2.45 bits per heavy atom. The first-order chi connectivity index (χ1) is 5.29. The van der Waals surface area contributed by atoms with Crippen molar-refractivity contribution in [2.75, 3.05) is 19.6 Å². The van der Waals surface area contributed by atoms with Crippen molar-refractivity contribution < 1.29 is 4.79 Å². The van der Waals surface area contributed by atoms with Crippen molar-refractivity contribution in [1.29, 1.82) is 0 Å². The van der Waals surface area contributed by atoms with E-state index in [4.69, 9.17) is 0 Å². The monoisotopic (exact) mass is 154 g/mol. The molecule has 1 N–H and O–H groups in total. The third kappa shape index (κ3) is 1.03. The minimum absolute atomic E-state index is 0.264. The number of nitrogens with one attached hydrogen (secondary N) is 1. The smallest absolute Gasteiger partial charge is 0.225 e. The fourth-order valence-electron chi connectivity index (χ4n) is 2.05. The second kappa shape index (κ2) is 2.48. The van der Waals surface area contributed by atoms with Crippen LogP contribution in [0.25, 0.3) is 0 Å². The molecular weight excluding hydrogens is 140 g/mol. The standard InChI is InChI=1S/C8H14N2O/c1-6-4-7-5-9-2-3-10(7)8(6)11/h6-7,9H,2-5H2,1H3. The van der Waals surface area contributed by atoms with E-state index in [0.717, 1.165) is 26.1 Å². The van der Waals surface area contributed by atoms with Gasteiger partial charge in [0.25, 0.3) is 0 Å². The number of nitrogens with zero attached hydrogens (tertiary/aromatic N) is 1. The molecule has 2 rings (SSSR count). The third-order valence-electron chi connectivity index (χ3n) is 2.68. The van der Waals surface area contributed by atoms with Gasteiger partial charge in [0.2, 0.25) is 5.91 Å². The topological polar surface area (TPSA) is 32.3 Å². The van der Waals surface area contributed by atoms with Gasteiger partial charge in [-0.2, -0.15) is 0 Å². The molecule has 2 fully saturated rings. The Labute approximate surface area is 66.8 Å². The van der Waals surface area contributed by atoms with Gasteiger partial charge in [0.05, 0.1) is 0 Å². The molecule has 0 aromatic rings. The van der Waals surface area contributed by atoms with Crippen LogP contribution in [0.2, 0.25) is 0 Å². The summed E-state index contributed by atoms with van der Waals surface area (Å²) in [6.07, 6.45) is 1.05. The van der Waals surface area contributed by atoms with Crippen LogP contribution >= 0.6 is 0 Å². The van der Waals surface area contributed by atoms with E-state index in [2.05, 4.69) is 5.32 Å². The summed E-state index contributed by atoms with van der Waals surface area (Å²) in [5.41, 5.74) is 0. The molecular formula is C8H14N2O. The Kier molecular flexibility index (Phi) is 1.60. The highest BCUT2D eigenvalue weighted by molar-refractivity contribution is 5.81. The van der Waals surface area contributed by atoms with Crippen LogP contribution in [0.3, 0.4) is 0 Å². The molecule has 0 bridgehead atoms. The average molecular weight is 154 g/mol. The number of amides is 1. The number of hydrogen-bond acceptors (Lipinski definition) is 2. The lowest BCUT2D eigenvalue weighted by Gasteiger charge is -2.29. The molecule has 2 aliphatic rings. The highest BCUT2D eigenvalue weighted by atomic mass is 16.2. The molecule has 11 heavy (non-hydrogen) atoms. The molecule has 2 atom stereocenters. The highest BCUT2D eigenvalue weighted by Gasteiger charge is 2.37. The Bertz CT molecular complexity index is 181. The van der Waals surface area contributed by atoms with Crippen molar-refractivity contribution in [3.63, 3.8) is 0 Å². The first-order valence-corrected chi connectivity index (χ1v) is 4.30. The third-order valence-corrected chi connectivity index (χ3v) is 2.68. The molecule has 1 amide bonds. The Hall–Kier alpha value is -0.570. The molecule has 0 aromatic heterocycles. The van der Waals surface area contributed by atoms with E-state index in [-0.39, 0.29) is 5.92 Å². The molecule has 0 saturated carbocycles. The molecule has 0 aliphatic carbocycles. The maximum absolute atomic E-state index is 11.4. The summed E-state index contributed by atoms with van der Waals surface area (Å²) in [4.78, 5) is 13.5. The first-order valence-electron chi connectivity index (χ1n) is 4.30. The van der Waals surface area contributed by atoms with Crippen molar-refractivity contribution in [2.24, 2.45) is 5.92 Å². The maximum Gasteiger partial charge on any atom is 0.225 e. The minimum atomic E-state index is 0.264. The van der Waals surface area contributed by atoms with E-state index in [1.165, 1.54) is 0 Å². The number of fused-ring (bicyclic) bond motifs is 1.